The van der Waals surface area contributed by atoms with E-state index < -0.39 is 0 Å². The second-order valence-corrected chi connectivity index (χ2v) is 8.39. The number of ether oxygens (including phenoxy) is 1. The van der Waals surface area contributed by atoms with Crippen molar-refractivity contribution in [3.05, 3.63) is 95.0 Å². The van der Waals surface area contributed by atoms with Gasteiger partial charge < -0.3 is 15.0 Å². The Bertz CT molecular complexity index is 1190. The monoisotopic (exact) mass is 445 g/mol. The maximum absolute atomic E-state index is 12.7. The Hall–Kier alpha value is -3.71. The molecule has 0 saturated carbocycles. The third kappa shape index (κ3) is 5.31. The predicted octanol–water partition coefficient (Wildman–Crippen LogP) is 4.26. The minimum atomic E-state index is -0.250. The van der Waals surface area contributed by atoms with Crippen molar-refractivity contribution in [2.24, 2.45) is 0 Å². The molecule has 0 aliphatic rings. The van der Waals surface area contributed by atoms with Crippen molar-refractivity contribution in [2.45, 2.75) is 13.1 Å². The standard InChI is InChI=1S/C25H23N3O3S/c1-28(16-23-27-20-12-6-8-14-22(20)32-23)24(29)17-31-21-13-7-5-11-19(21)25(30)26-15-18-9-3-2-4-10-18/h2-14H,15-17H2,1H3,(H,26,30). The van der Waals surface area contributed by atoms with Crippen molar-refractivity contribution < 1.29 is 14.3 Å². The molecule has 1 heterocycles. The normalized spacial score (nSPS) is 10.7. The van der Waals surface area contributed by atoms with Crippen LogP contribution in [0.5, 0.6) is 5.75 Å². The fraction of sp³-hybridized carbons (Fsp3) is 0.160. The second kappa shape index (κ2) is 10.1. The van der Waals surface area contributed by atoms with Gasteiger partial charge >= 0.3 is 0 Å². The van der Waals surface area contributed by atoms with E-state index in [1.54, 1.807) is 47.5 Å². The molecule has 0 aliphatic heterocycles. The molecule has 0 aliphatic carbocycles. The van der Waals surface area contributed by atoms with E-state index in [1.807, 2.05) is 54.6 Å². The fourth-order valence-electron chi connectivity index (χ4n) is 3.18. The summed E-state index contributed by atoms with van der Waals surface area (Å²) >= 11 is 1.57. The molecule has 1 N–H and O–H groups in total. The first kappa shape index (κ1) is 21.5. The molecule has 162 valence electrons. The molecule has 0 radical (unpaired) electrons. The molecule has 0 bridgehead atoms. The third-order valence-electron chi connectivity index (χ3n) is 4.92. The van der Waals surface area contributed by atoms with Crippen LogP contribution in [0.4, 0.5) is 0 Å². The Kier molecular flexibility index (Phi) is 6.77. The van der Waals surface area contributed by atoms with Crippen LogP contribution < -0.4 is 10.1 Å². The summed E-state index contributed by atoms with van der Waals surface area (Å²) in [4.78, 5) is 31.4. The van der Waals surface area contributed by atoms with Crippen molar-refractivity contribution in [3.63, 3.8) is 0 Å². The van der Waals surface area contributed by atoms with E-state index in [4.69, 9.17) is 4.74 Å². The van der Waals surface area contributed by atoms with Gasteiger partial charge in [-0.3, -0.25) is 9.59 Å². The number of para-hydroxylation sites is 2. The van der Waals surface area contributed by atoms with Crippen LogP contribution >= 0.6 is 11.3 Å². The maximum atomic E-state index is 12.7. The number of benzene rings is 3. The van der Waals surface area contributed by atoms with Crippen LogP contribution in [-0.2, 0) is 17.9 Å². The lowest BCUT2D eigenvalue weighted by atomic mass is 10.1. The molecule has 0 atom stereocenters. The number of hydrogen-bond acceptors (Lipinski definition) is 5. The van der Waals surface area contributed by atoms with Crippen LogP contribution in [-0.4, -0.2) is 35.4 Å². The number of thiazole rings is 1. The molecule has 0 spiro atoms. The number of carbonyl (C=O) groups excluding carboxylic acids is 2. The molecule has 6 nitrogen and oxygen atoms in total. The van der Waals surface area contributed by atoms with Gasteiger partial charge in [0, 0.05) is 13.6 Å². The lowest BCUT2D eigenvalue weighted by Crippen LogP contribution is -2.31. The van der Waals surface area contributed by atoms with Crippen LogP contribution in [0.2, 0.25) is 0 Å². The molecule has 7 heteroatoms. The summed E-state index contributed by atoms with van der Waals surface area (Å²) in [6.45, 7) is 0.656. The number of nitrogens with one attached hydrogen (secondary N) is 1. The van der Waals surface area contributed by atoms with Crippen molar-refractivity contribution >= 4 is 33.4 Å². The van der Waals surface area contributed by atoms with Crippen LogP contribution in [0.15, 0.2) is 78.9 Å². The van der Waals surface area contributed by atoms with Crippen LogP contribution in [0.25, 0.3) is 10.2 Å². The van der Waals surface area contributed by atoms with E-state index in [-0.39, 0.29) is 18.4 Å². The number of nitrogens with zero attached hydrogens (tertiary/aromatic N) is 2. The zero-order valence-corrected chi connectivity index (χ0v) is 18.5. The van der Waals surface area contributed by atoms with Crippen LogP contribution in [0.3, 0.4) is 0 Å². The summed E-state index contributed by atoms with van der Waals surface area (Å²) in [7, 11) is 1.72. The molecular formula is C25H23N3O3S. The van der Waals surface area contributed by atoms with E-state index in [0.29, 0.717) is 24.4 Å². The van der Waals surface area contributed by atoms with Crippen molar-refractivity contribution in [2.75, 3.05) is 13.7 Å². The maximum Gasteiger partial charge on any atom is 0.260 e. The number of rotatable bonds is 8. The molecule has 1 aromatic heterocycles. The quantitative estimate of drug-likeness (QED) is 0.440. The Balaban J connectivity index is 1.34. The Morgan fingerprint density at radius 2 is 1.69 bits per heavy atom. The van der Waals surface area contributed by atoms with E-state index in [1.165, 1.54) is 0 Å². The summed E-state index contributed by atoms with van der Waals surface area (Å²) in [5.41, 5.74) is 2.33. The van der Waals surface area contributed by atoms with Gasteiger partial charge in [-0.2, -0.15) is 0 Å². The highest BCUT2D eigenvalue weighted by Crippen LogP contribution is 2.23. The number of hydrogen-bond donors (Lipinski definition) is 1. The first-order valence-electron chi connectivity index (χ1n) is 10.2. The SMILES string of the molecule is CN(Cc1nc2ccccc2s1)C(=O)COc1ccccc1C(=O)NCc1ccccc1. The van der Waals surface area contributed by atoms with Gasteiger partial charge in [-0.25, -0.2) is 4.98 Å². The van der Waals surface area contributed by atoms with Gasteiger partial charge in [0.25, 0.3) is 11.8 Å². The molecular weight excluding hydrogens is 422 g/mol. The van der Waals surface area contributed by atoms with Crippen LogP contribution in [0.1, 0.15) is 20.9 Å². The largest absolute Gasteiger partial charge is 0.483 e. The number of carbonyl (C=O) groups is 2. The van der Waals surface area contributed by atoms with E-state index in [2.05, 4.69) is 10.3 Å². The van der Waals surface area contributed by atoms with E-state index in [9.17, 15) is 9.59 Å². The molecule has 32 heavy (non-hydrogen) atoms. The summed E-state index contributed by atoms with van der Waals surface area (Å²) in [5.74, 6) is -0.0664. The average molecular weight is 446 g/mol. The first-order chi connectivity index (χ1) is 15.6. The Morgan fingerprint density at radius 1 is 0.969 bits per heavy atom. The average Bonchev–Trinajstić information content (AvgIpc) is 3.24. The Labute approximate surface area is 190 Å². The first-order valence-corrected chi connectivity index (χ1v) is 11.0. The molecule has 2 amide bonds. The minimum absolute atomic E-state index is 0.162. The number of likely N-dealkylation sites (N-methyl/N-ethyl adjacent to an activating group) is 1. The van der Waals surface area contributed by atoms with Gasteiger partial charge in [-0.1, -0.05) is 54.6 Å². The topological polar surface area (TPSA) is 71.5 Å². The van der Waals surface area contributed by atoms with E-state index in [0.717, 1.165) is 20.8 Å². The summed E-state index contributed by atoms with van der Waals surface area (Å²) in [5, 5.41) is 3.75. The summed E-state index contributed by atoms with van der Waals surface area (Å²) in [6, 6.07) is 24.5. The lowest BCUT2D eigenvalue weighted by molar-refractivity contribution is -0.132. The van der Waals surface area contributed by atoms with Gasteiger partial charge in [-0.05, 0) is 29.8 Å². The zero-order chi connectivity index (χ0) is 22.3. The van der Waals surface area contributed by atoms with E-state index >= 15 is 0 Å². The highest BCUT2D eigenvalue weighted by Gasteiger charge is 2.16. The molecule has 0 unspecified atom stereocenters. The minimum Gasteiger partial charge on any atom is -0.483 e. The predicted molar refractivity (Wildman–Crippen MR) is 126 cm³/mol. The van der Waals surface area contributed by atoms with Gasteiger partial charge in [0.2, 0.25) is 0 Å². The van der Waals surface area contributed by atoms with Crippen LogP contribution in [0, 0.1) is 0 Å². The number of aromatic nitrogens is 1. The molecule has 0 saturated heterocycles. The highest BCUT2D eigenvalue weighted by molar-refractivity contribution is 7.18. The number of fused-ring (bicyclic) bond motifs is 1. The van der Waals surface area contributed by atoms with Gasteiger partial charge in [0.1, 0.15) is 10.8 Å². The summed E-state index contributed by atoms with van der Waals surface area (Å²) in [6.07, 6.45) is 0. The van der Waals surface area contributed by atoms with Crippen molar-refractivity contribution in [3.8, 4) is 5.75 Å². The van der Waals surface area contributed by atoms with Gasteiger partial charge in [0.15, 0.2) is 6.61 Å². The number of amides is 2. The lowest BCUT2D eigenvalue weighted by Gasteiger charge is -2.17. The fourth-order valence-corrected chi connectivity index (χ4v) is 4.20. The van der Waals surface area contributed by atoms with Crippen molar-refractivity contribution in [1.82, 2.24) is 15.2 Å². The molecule has 3 aromatic carbocycles. The zero-order valence-electron chi connectivity index (χ0n) is 17.7. The Morgan fingerprint density at radius 3 is 2.50 bits per heavy atom. The van der Waals surface area contributed by atoms with Gasteiger partial charge in [0.05, 0.1) is 22.3 Å². The second-order valence-electron chi connectivity index (χ2n) is 7.28. The molecule has 0 fully saturated rings. The molecule has 4 aromatic rings. The van der Waals surface area contributed by atoms with Crippen molar-refractivity contribution in [1.29, 1.82) is 0 Å². The third-order valence-corrected chi connectivity index (χ3v) is 5.94. The summed E-state index contributed by atoms with van der Waals surface area (Å²) < 4.78 is 6.81. The smallest absolute Gasteiger partial charge is 0.260 e. The highest BCUT2D eigenvalue weighted by atomic mass is 32.1. The molecule has 4 rings (SSSR count). The van der Waals surface area contributed by atoms with Gasteiger partial charge in [-0.15, -0.1) is 11.3 Å².